The van der Waals surface area contributed by atoms with Gasteiger partial charge in [-0.15, -0.1) is 0 Å². The van der Waals surface area contributed by atoms with Crippen LogP contribution in [-0.4, -0.2) is 71.8 Å². The highest BCUT2D eigenvalue weighted by Crippen LogP contribution is 2.26. The number of morpholine rings is 1. The summed E-state index contributed by atoms with van der Waals surface area (Å²) in [5, 5.41) is 9.22. The van der Waals surface area contributed by atoms with E-state index in [2.05, 4.69) is 0 Å². The monoisotopic (exact) mass is 452 g/mol. The predicted octanol–water partition coefficient (Wildman–Crippen LogP) is 1.74. The largest absolute Gasteiger partial charge is 0.486 e. The number of pyridine rings is 1. The Balaban J connectivity index is 1.83. The molecule has 1 amide bonds. The fourth-order valence-electron chi connectivity index (χ4n) is 3.83. The number of amides is 1. The number of fused-ring (bicyclic) bond motifs is 1. The Kier molecular flexibility index (Phi) is 6.90. The van der Waals surface area contributed by atoms with Crippen molar-refractivity contribution in [3.8, 4) is 5.75 Å². The molecule has 1 saturated heterocycles. The van der Waals surface area contributed by atoms with E-state index >= 15 is 0 Å². The second kappa shape index (κ2) is 10.0. The van der Waals surface area contributed by atoms with Crippen LogP contribution in [0.4, 0.5) is 5.82 Å². The normalized spacial score (nSPS) is 14.8. The number of hydrogen-bond acceptors (Lipinski definition) is 7. The maximum absolute atomic E-state index is 13.1. The van der Waals surface area contributed by atoms with Gasteiger partial charge in [-0.1, -0.05) is 18.2 Å². The highest BCUT2D eigenvalue weighted by atomic mass is 16.5. The molecule has 1 aliphatic rings. The first-order chi connectivity index (χ1) is 16.0. The maximum atomic E-state index is 13.1. The third-order valence-corrected chi connectivity index (χ3v) is 5.63. The average molecular weight is 453 g/mol. The number of likely N-dealkylation sites (N-methyl/N-ethyl adjacent to an activating group) is 1. The van der Waals surface area contributed by atoms with Gasteiger partial charge in [0, 0.05) is 44.5 Å². The van der Waals surface area contributed by atoms with Crippen molar-refractivity contribution in [3.05, 3.63) is 70.1 Å². The van der Waals surface area contributed by atoms with Gasteiger partial charge in [0.1, 0.15) is 23.3 Å². The zero-order valence-electron chi connectivity index (χ0n) is 18.8. The predicted molar refractivity (Wildman–Crippen MR) is 124 cm³/mol. The molecule has 0 radical (unpaired) electrons. The molecule has 0 aliphatic carbocycles. The molecule has 9 nitrogen and oxygen atoms in total. The molecule has 1 atom stereocenters. The Morgan fingerprint density at radius 3 is 2.67 bits per heavy atom. The lowest BCUT2D eigenvalue weighted by atomic mass is 10.1. The van der Waals surface area contributed by atoms with E-state index in [-0.39, 0.29) is 24.6 Å². The maximum Gasteiger partial charge on any atom is 0.259 e. The van der Waals surface area contributed by atoms with Gasteiger partial charge in [-0.3, -0.25) is 14.0 Å². The summed E-state index contributed by atoms with van der Waals surface area (Å²) < 4.78 is 12.9. The van der Waals surface area contributed by atoms with Gasteiger partial charge in [0.15, 0.2) is 0 Å². The number of hydrogen-bond donors (Lipinski definition) is 1. The van der Waals surface area contributed by atoms with E-state index in [1.54, 1.807) is 13.1 Å². The number of carbonyl (C=O) groups is 1. The lowest BCUT2D eigenvalue weighted by Crippen LogP contribution is -2.38. The molecule has 1 aliphatic heterocycles. The summed E-state index contributed by atoms with van der Waals surface area (Å²) in [4.78, 5) is 34.3. The number of ether oxygens (including phenoxy) is 2. The van der Waals surface area contributed by atoms with Crippen LogP contribution in [0, 0.1) is 0 Å². The molecule has 0 saturated carbocycles. The molecule has 1 N–H and O–H groups in total. The van der Waals surface area contributed by atoms with Crippen LogP contribution < -0.4 is 15.2 Å². The highest BCUT2D eigenvalue weighted by molar-refractivity contribution is 5.94. The molecule has 1 unspecified atom stereocenters. The van der Waals surface area contributed by atoms with Crippen molar-refractivity contribution in [2.24, 2.45) is 0 Å². The van der Waals surface area contributed by atoms with Gasteiger partial charge < -0.3 is 24.4 Å². The highest BCUT2D eigenvalue weighted by Gasteiger charge is 2.22. The van der Waals surface area contributed by atoms with E-state index in [1.807, 2.05) is 42.2 Å². The molecule has 3 heterocycles. The van der Waals surface area contributed by atoms with E-state index in [0.29, 0.717) is 54.6 Å². The number of benzene rings is 1. The minimum absolute atomic E-state index is 0.152. The number of aliphatic hydroxyl groups is 1. The van der Waals surface area contributed by atoms with Crippen molar-refractivity contribution >= 4 is 17.4 Å². The lowest BCUT2D eigenvalue weighted by Gasteiger charge is -2.28. The summed E-state index contributed by atoms with van der Waals surface area (Å²) in [6, 6.07) is 12.6. The zero-order valence-corrected chi connectivity index (χ0v) is 18.8. The Bertz CT molecular complexity index is 1170. The van der Waals surface area contributed by atoms with Gasteiger partial charge in [0.05, 0.1) is 25.4 Å². The van der Waals surface area contributed by atoms with Crippen molar-refractivity contribution in [1.29, 1.82) is 0 Å². The first-order valence-corrected chi connectivity index (χ1v) is 11.0. The van der Waals surface area contributed by atoms with E-state index < -0.39 is 6.10 Å². The topological polar surface area (TPSA) is 96.6 Å². The van der Waals surface area contributed by atoms with Crippen molar-refractivity contribution in [1.82, 2.24) is 14.3 Å². The van der Waals surface area contributed by atoms with E-state index in [9.17, 15) is 14.7 Å². The van der Waals surface area contributed by atoms with Crippen LogP contribution >= 0.6 is 0 Å². The lowest BCUT2D eigenvalue weighted by molar-refractivity contribution is 0.0766. The number of rotatable bonds is 7. The molecular weight excluding hydrogens is 424 g/mol. The number of para-hydroxylation sites is 1. The summed E-state index contributed by atoms with van der Waals surface area (Å²) >= 11 is 0. The number of aromatic nitrogens is 2. The molecule has 1 fully saturated rings. The number of aliphatic hydroxyl groups excluding tert-OH is 1. The van der Waals surface area contributed by atoms with Crippen LogP contribution in [-0.2, 0) is 4.74 Å². The van der Waals surface area contributed by atoms with Crippen molar-refractivity contribution in [3.63, 3.8) is 0 Å². The van der Waals surface area contributed by atoms with Crippen molar-refractivity contribution < 1.29 is 19.4 Å². The van der Waals surface area contributed by atoms with Gasteiger partial charge in [0.25, 0.3) is 11.5 Å². The summed E-state index contributed by atoms with van der Waals surface area (Å²) in [5.41, 5.74) is 1.09. The van der Waals surface area contributed by atoms with Crippen LogP contribution in [0.3, 0.4) is 0 Å². The second-order valence-electron chi connectivity index (χ2n) is 7.95. The Labute approximate surface area is 191 Å². The fraction of sp³-hybridized carbons (Fsp3) is 0.375. The SMILES string of the molecule is CC(Oc1ccccc1)c1cc(C(=O)N(C)CCO)cn2c(=O)cc(N3CCOCC3)nc12. The van der Waals surface area contributed by atoms with Gasteiger partial charge in [-0.05, 0) is 25.1 Å². The Morgan fingerprint density at radius 2 is 1.97 bits per heavy atom. The summed E-state index contributed by atoms with van der Waals surface area (Å²) in [6.45, 7) is 4.35. The van der Waals surface area contributed by atoms with Gasteiger partial charge in [0.2, 0.25) is 0 Å². The van der Waals surface area contributed by atoms with Crippen LogP contribution in [0.5, 0.6) is 5.75 Å². The molecule has 0 spiro atoms. The second-order valence-corrected chi connectivity index (χ2v) is 7.95. The van der Waals surface area contributed by atoms with Gasteiger partial charge >= 0.3 is 0 Å². The minimum Gasteiger partial charge on any atom is -0.486 e. The summed E-state index contributed by atoms with van der Waals surface area (Å²) in [5.74, 6) is 0.945. The fourth-order valence-corrected chi connectivity index (χ4v) is 3.83. The molecule has 0 bridgehead atoms. The van der Waals surface area contributed by atoms with Crippen LogP contribution in [0.1, 0.15) is 28.9 Å². The summed E-state index contributed by atoms with van der Waals surface area (Å²) in [7, 11) is 1.61. The molecule has 174 valence electrons. The number of carbonyl (C=O) groups excluding carboxylic acids is 1. The van der Waals surface area contributed by atoms with Gasteiger partial charge in [-0.25, -0.2) is 4.98 Å². The average Bonchev–Trinajstić information content (AvgIpc) is 2.84. The Hall–Kier alpha value is -3.43. The third kappa shape index (κ3) is 4.99. The van der Waals surface area contributed by atoms with E-state index in [0.717, 1.165) is 0 Å². The number of nitrogens with zero attached hydrogens (tertiary/aromatic N) is 4. The van der Waals surface area contributed by atoms with E-state index in [4.69, 9.17) is 14.5 Å². The first kappa shape index (κ1) is 22.8. The minimum atomic E-state index is -0.481. The first-order valence-electron chi connectivity index (χ1n) is 11.0. The number of anilines is 1. The third-order valence-electron chi connectivity index (χ3n) is 5.63. The van der Waals surface area contributed by atoms with Crippen LogP contribution in [0.15, 0.2) is 53.5 Å². The Morgan fingerprint density at radius 1 is 1.24 bits per heavy atom. The molecular formula is C24H28N4O5. The van der Waals surface area contributed by atoms with Crippen molar-refractivity contribution in [2.75, 3.05) is 51.4 Å². The van der Waals surface area contributed by atoms with Crippen LogP contribution in [0.2, 0.25) is 0 Å². The molecule has 1 aromatic carbocycles. The van der Waals surface area contributed by atoms with Crippen LogP contribution in [0.25, 0.3) is 5.65 Å². The molecule has 9 heteroatoms. The molecule has 33 heavy (non-hydrogen) atoms. The van der Waals surface area contributed by atoms with Gasteiger partial charge in [-0.2, -0.15) is 0 Å². The molecule has 2 aromatic heterocycles. The summed E-state index contributed by atoms with van der Waals surface area (Å²) in [6.07, 6.45) is 1.02. The molecule has 4 rings (SSSR count). The smallest absolute Gasteiger partial charge is 0.259 e. The zero-order chi connectivity index (χ0) is 23.4. The quantitative estimate of drug-likeness (QED) is 0.583. The van der Waals surface area contributed by atoms with Crippen molar-refractivity contribution in [2.45, 2.75) is 13.0 Å². The van der Waals surface area contributed by atoms with E-state index in [1.165, 1.54) is 21.6 Å². The molecule has 3 aromatic rings. The standard InChI is InChI=1S/C24H28N4O5/c1-17(33-19-6-4-3-5-7-19)20-14-18(24(31)26(2)8-11-29)16-28-22(30)15-21(25-23(20)28)27-9-12-32-13-10-27/h3-7,14-17,29H,8-13H2,1-2H3.